The molecule has 1 fully saturated rings. The van der Waals surface area contributed by atoms with Gasteiger partial charge in [0.25, 0.3) is 0 Å². The molecule has 0 amide bonds. The van der Waals surface area contributed by atoms with Gasteiger partial charge in [-0.3, -0.25) is 0 Å². The molecule has 4 nitrogen and oxygen atoms in total. The first-order chi connectivity index (χ1) is 13.8. The molecule has 164 valence electrons. The summed E-state index contributed by atoms with van der Waals surface area (Å²) in [6.07, 6.45) is -2.64. The number of alkyl halides is 3. The quantitative estimate of drug-likeness (QED) is 0.396. The lowest BCUT2D eigenvalue weighted by Crippen LogP contribution is -2.41. The number of fused-ring (bicyclic) bond motifs is 2. The first-order valence-electron chi connectivity index (χ1n) is 9.52. The summed E-state index contributed by atoms with van der Waals surface area (Å²) in [4.78, 5) is 3.78. The van der Waals surface area contributed by atoms with Crippen molar-refractivity contribution in [3.05, 3.63) is 40.4 Å². The zero-order valence-corrected chi connectivity index (χ0v) is 19.3. The summed E-state index contributed by atoms with van der Waals surface area (Å²) < 4.78 is 41.5. The fourth-order valence-electron chi connectivity index (χ4n) is 3.75. The van der Waals surface area contributed by atoms with Gasteiger partial charge in [-0.25, -0.2) is 0 Å². The number of hydrogen-bond donors (Lipinski definition) is 3. The monoisotopic (exact) mass is 522 g/mol. The molecular weight excluding hydrogens is 501 g/mol. The van der Waals surface area contributed by atoms with Gasteiger partial charge in [0.15, 0.2) is 0 Å². The smallest absolute Gasteiger partial charge is 0.380 e. The van der Waals surface area contributed by atoms with Gasteiger partial charge in [0.05, 0.1) is 22.6 Å². The van der Waals surface area contributed by atoms with E-state index in [0.717, 1.165) is 47.5 Å². The van der Waals surface area contributed by atoms with E-state index in [1.165, 1.54) is 23.9 Å². The normalized spacial score (nSPS) is 16.8. The SMILES string of the molecule is Cl.NCCN1CCC(Nc2cc(C(F)(F)F)cc3c2Nc2cc(Br)ccc2S3)CC1. The molecule has 4 rings (SSSR count). The van der Waals surface area contributed by atoms with E-state index < -0.39 is 11.7 Å². The van der Waals surface area contributed by atoms with Crippen molar-refractivity contribution in [2.45, 2.75) is 34.9 Å². The number of nitrogens with one attached hydrogen (secondary N) is 2. The summed E-state index contributed by atoms with van der Waals surface area (Å²) in [5.74, 6) is 0. The lowest BCUT2D eigenvalue weighted by molar-refractivity contribution is -0.137. The van der Waals surface area contributed by atoms with Crippen molar-refractivity contribution < 1.29 is 13.2 Å². The molecule has 2 aromatic carbocycles. The van der Waals surface area contributed by atoms with Gasteiger partial charge in [-0.2, -0.15) is 13.2 Å². The molecule has 1 saturated heterocycles. The number of rotatable bonds is 4. The Bertz CT molecular complexity index is 904. The van der Waals surface area contributed by atoms with Crippen LogP contribution in [0.3, 0.4) is 0 Å². The topological polar surface area (TPSA) is 53.3 Å². The highest BCUT2D eigenvalue weighted by Gasteiger charge is 2.34. The molecule has 0 atom stereocenters. The molecule has 2 aromatic rings. The van der Waals surface area contributed by atoms with Gasteiger partial charge in [0.2, 0.25) is 0 Å². The predicted octanol–water partition coefficient (Wildman–Crippen LogP) is 5.93. The zero-order chi connectivity index (χ0) is 20.6. The second-order valence-corrected chi connectivity index (χ2v) is 9.31. The Kier molecular flexibility index (Phi) is 7.50. The van der Waals surface area contributed by atoms with E-state index in [1.54, 1.807) is 0 Å². The Morgan fingerprint density at radius 1 is 1.17 bits per heavy atom. The highest BCUT2D eigenvalue weighted by Crippen LogP contribution is 2.50. The maximum Gasteiger partial charge on any atom is 0.416 e. The minimum Gasteiger partial charge on any atom is -0.380 e. The molecule has 0 aromatic heterocycles. The highest BCUT2D eigenvalue weighted by molar-refractivity contribution is 9.10. The molecule has 0 radical (unpaired) electrons. The van der Waals surface area contributed by atoms with Crippen molar-refractivity contribution in [1.82, 2.24) is 4.90 Å². The first kappa shape index (κ1) is 23.5. The number of nitrogens with two attached hydrogens (primary N) is 1. The molecule has 2 aliphatic heterocycles. The van der Waals surface area contributed by atoms with Crippen molar-refractivity contribution in [2.24, 2.45) is 5.73 Å². The van der Waals surface area contributed by atoms with Crippen LogP contribution >= 0.6 is 40.1 Å². The molecule has 2 aliphatic rings. The van der Waals surface area contributed by atoms with E-state index in [0.29, 0.717) is 22.8 Å². The molecule has 0 unspecified atom stereocenters. The summed E-state index contributed by atoms with van der Waals surface area (Å²) >= 11 is 4.82. The summed E-state index contributed by atoms with van der Waals surface area (Å²) in [7, 11) is 0. The van der Waals surface area contributed by atoms with Crippen molar-refractivity contribution in [3.8, 4) is 0 Å². The number of piperidine rings is 1. The third kappa shape index (κ3) is 5.19. The third-order valence-corrected chi connectivity index (χ3v) is 6.85. The number of nitrogens with zero attached hydrogens (tertiary/aromatic N) is 1. The lowest BCUT2D eigenvalue weighted by atomic mass is 10.0. The largest absolute Gasteiger partial charge is 0.416 e. The van der Waals surface area contributed by atoms with Gasteiger partial charge in [0, 0.05) is 46.5 Å². The minimum atomic E-state index is -4.39. The van der Waals surface area contributed by atoms with Crippen molar-refractivity contribution in [3.63, 3.8) is 0 Å². The Morgan fingerprint density at radius 2 is 1.90 bits per heavy atom. The van der Waals surface area contributed by atoms with Gasteiger partial charge in [-0.15, -0.1) is 12.4 Å². The Balaban J connectivity index is 0.00000256. The number of hydrogen-bond acceptors (Lipinski definition) is 5. The van der Waals surface area contributed by atoms with Crippen LogP contribution in [0.5, 0.6) is 0 Å². The van der Waals surface area contributed by atoms with Gasteiger partial charge in [-0.05, 0) is 43.2 Å². The fourth-order valence-corrected chi connectivity index (χ4v) is 5.15. The number of halogens is 5. The van der Waals surface area contributed by atoms with Crippen LogP contribution in [0.25, 0.3) is 0 Å². The van der Waals surface area contributed by atoms with Crippen LogP contribution in [-0.2, 0) is 6.18 Å². The van der Waals surface area contributed by atoms with Crippen molar-refractivity contribution in [1.29, 1.82) is 0 Å². The van der Waals surface area contributed by atoms with E-state index in [4.69, 9.17) is 5.73 Å². The standard InChI is InChI=1S/C20H22BrF3N4S.ClH/c21-13-1-2-17-15(11-13)27-19-16(9-12(20(22,23)24)10-18(19)29-17)26-14-3-6-28(7-4-14)8-5-25;/h1-2,9-11,14,26-27H,3-8,25H2;1H. The Labute approximate surface area is 192 Å². The van der Waals surface area contributed by atoms with Crippen LogP contribution in [-0.4, -0.2) is 37.1 Å². The molecule has 30 heavy (non-hydrogen) atoms. The second-order valence-electron chi connectivity index (χ2n) is 7.31. The maximum atomic E-state index is 13.5. The molecular formula is C20H23BrClF3N4S. The summed E-state index contributed by atoms with van der Waals surface area (Å²) in [6.45, 7) is 3.27. The van der Waals surface area contributed by atoms with E-state index in [2.05, 4.69) is 31.5 Å². The predicted molar refractivity (Wildman–Crippen MR) is 122 cm³/mol. The number of anilines is 3. The molecule has 0 saturated carbocycles. The van der Waals surface area contributed by atoms with Gasteiger partial charge in [0.1, 0.15) is 0 Å². The van der Waals surface area contributed by atoms with Crippen LogP contribution in [0.15, 0.2) is 44.6 Å². The van der Waals surface area contributed by atoms with E-state index in [9.17, 15) is 13.2 Å². The number of benzene rings is 2. The first-order valence-corrected chi connectivity index (χ1v) is 11.1. The average molecular weight is 524 g/mol. The third-order valence-electron chi connectivity index (χ3n) is 5.24. The van der Waals surface area contributed by atoms with E-state index in [1.807, 2.05) is 18.2 Å². The Hall–Kier alpha value is -1.13. The molecule has 0 spiro atoms. The molecule has 4 N–H and O–H groups in total. The highest BCUT2D eigenvalue weighted by atomic mass is 79.9. The van der Waals surface area contributed by atoms with Crippen molar-refractivity contribution in [2.75, 3.05) is 36.8 Å². The van der Waals surface area contributed by atoms with Gasteiger partial charge >= 0.3 is 6.18 Å². The van der Waals surface area contributed by atoms with Crippen LogP contribution in [0, 0.1) is 0 Å². The van der Waals surface area contributed by atoms with E-state index >= 15 is 0 Å². The molecule has 0 bridgehead atoms. The lowest BCUT2D eigenvalue weighted by Gasteiger charge is -2.34. The summed E-state index contributed by atoms with van der Waals surface area (Å²) in [5, 5.41) is 6.72. The van der Waals surface area contributed by atoms with Crippen molar-refractivity contribution >= 4 is 57.2 Å². The molecule has 0 aliphatic carbocycles. The van der Waals surface area contributed by atoms with E-state index in [-0.39, 0.29) is 18.4 Å². The Morgan fingerprint density at radius 3 is 2.57 bits per heavy atom. The van der Waals surface area contributed by atoms with Gasteiger partial charge in [-0.1, -0.05) is 27.7 Å². The summed E-state index contributed by atoms with van der Waals surface area (Å²) in [5.41, 5.74) is 7.09. The molecule has 10 heteroatoms. The van der Waals surface area contributed by atoms with Gasteiger partial charge < -0.3 is 21.3 Å². The van der Waals surface area contributed by atoms with Crippen LogP contribution < -0.4 is 16.4 Å². The maximum absolute atomic E-state index is 13.5. The van der Waals surface area contributed by atoms with Crippen LogP contribution in [0.2, 0.25) is 0 Å². The minimum absolute atomic E-state index is 0. The fraction of sp³-hybridized carbons (Fsp3) is 0.400. The zero-order valence-electron chi connectivity index (χ0n) is 16.1. The van der Waals surface area contributed by atoms with Crippen LogP contribution in [0.4, 0.5) is 30.2 Å². The van der Waals surface area contributed by atoms with Crippen LogP contribution in [0.1, 0.15) is 18.4 Å². The summed E-state index contributed by atoms with van der Waals surface area (Å²) in [6, 6.07) is 8.32. The average Bonchev–Trinajstić information content (AvgIpc) is 2.67. The second kappa shape index (κ2) is 9.56. The molecule has 2 heterocycles. The number of likely N-dealkylation sites (tertiary alicyclic amines) is 1.